The first-order valence-corrected chi connectivity index (χ1v) is 6.36. The van der Waals surface area contributed by atoms with Gasteiger partial charge in [0.2, 0.25) is 0 Å². The van der Waals surface area contributed by atoms with Gasteiger partial charge in [-0.3, -0.25) is 9.78 Å². The highest BCUT2D eigenvalue weighted by Crippen LogP contribution is 2.16. The average Bonchev–Trinajstić information content (AvgIpc) is 2.41. The van der Waals surface area contributed by atoms with E-state index in [4.69, 9.17) is 11.6 Å². The molecule has 1 aromatic heterocycles. The van der Waals surface area contributed by atoms with Crippen molar-refractivity contribution in [1.82, 2.24) is 9.88 Å². The Kier molecular flexibility index (Phi) is 4.17. The summed E-state index contributed by atoms with van der Waals surface area (Å²) < 4.78 is 0. The summed E-state index contributed by atoms with van der Waals surface area (Å²) in [5, 5.41) is 0.427. The molecule has 19 heavy (non-hydrogen) atoms. The number of carbonyl (C=O) groups is 1. The lowest BCUT2D eigenvalue weighted by Crippen LogP contribution is -2.26. The largest absolute Gasteiger partial charge is 0.337 e. The number of carbonyl (C=O) groups excluding carboxylic acids is 1. The third-order valence-electron chi connectivity index (χ3n) is 2.89. The molecular formula is C15H15ClN2O. The summed E-state index contributed by atoms with van der Waals surface area (Å²) >= 11 is 6.00. The van der Waals surface area contributed by atoms with E-state index >= 15 is 0 Å². The van der Waals surface area contributed by atoms with Crippen molar-refractivity contribution in [2.45, 2.75) is 13.5 Å². The van der Waals surface area contributed by atoms with Gasteiger partial charge in [-0.05, 0) is 18.6 Å². The van der Waals surface area contributed by atoms with Gasteiger partial charge in [0.05, 0.1) is 10.6 Å². The fourth-order valence-electron chi connectivity index (χ4n) is 1.78. The van der Waals surface area contributed by atoms with Crippen LogP contribution in [0, 0.1) is 6.92 Å². The maximum absolute atomic E-state index is 12.2. The topological polar surface area (TPSA) is 33.2 Å². The average molecular weight is 275 g/mol. The zero-order valence-corrected chi connectivity index (χ0v) is 11.7. The van der Waals surface area contributed by atoms with Crippen LogP contribution in [0.5, 0.6) is 0 Å². The first-order chi connectivity index (χ1) is 9.08. The molecule has 2 rings (SSSR count). The van der Waals surface area contributed by atoms with E-state index in [0.717, 1.165) is 5.56 Å². The first kappa shape index (κ1) is 13.6. The van der Waals surface area contributed by atoms with Gasteiger partial charge in [0.15, 0.2) is 0 Å². The van der Waals surface area contributed by atoms with Crippen LogP contribution in [-0.2, 0) is 6.54 Å². The number of aromatic nitrogens is 1. The molecule has 0 aliphatic carbocycles. The molecule has 0 saturated carbocycles. The molecule has 0 N–H and O–H groups in total. The molecule has 0 fully saturated rings. The fourth-order valence-corrected chi connectivity index (χ4v) is 1.97. The van der Waals surface area contributed by atoms with Crippen molar-refractivity contribution in [2.24, 2.45) is 0 Å². The second kappa shape index (κ2) is 5.85. The number of hydrogen-bond acceptors (Lipinski definition) is 2. The monoisotopic (exact) mass is 274 g/mol. The highest BCUT2D eigenvalue weighted by molar-refractivity contribution is 6.33. The molecular weight excluding hydrogens is 260 g/mol. The minimum absolute atomic E-state index is 0.126. The number of hydrogen-bond donors (Lipinski definition) is 0. The van der Waals surface area contributed by atoms with E-state index in [1.807, 2.05) is 31.2 Å². The zero-order valence-electron chi connectivity index (χ0n) is 10.9. The lowest BCUT2D eigenvalue weighted by atomic mass is 10.1. The van der Waals surface area contributed by atoms with Crippen LogP contribution >= 0.6 is 11.6 Å². The second-order valence-electron chi connectivity index (χ2n) is 4.50. The molecule has 0 unspecified atom stereocenters. The highest BCUT2D eigenvalue weighted by Gasteiger charge is 2.15. The van der Waals surface area contributed by atoms with Crippen LogP contribution < -0.4 is 0 Å². The van der Waals surface area contributed by atoms with Crippen LogP contribution in [0.3, 0.4) is 0 Å². The Balaban J connectivity index is 2.12. The predicted molar refractivity (Wildman–Crippen MR) is 76.2 cm³/mol. The molecule has 0 spiro atoms. The summed E-state index contributed by atoms with van der Waals surface area (Å²) in [6.07, 6.45) is 3.06. The third-order valence-corrected chi connectivity index (χ3v) is 3.21. The fraction of sp³-hybridized carbons (Fsp3) is 0.200. The Morgan fingerprint density at radius 1 is 1.26 bits per heavy atom. The van der Waals surface area contributed by atoms with Gasteiger partial charge in [-0.2, -0.15) is 0 Å². The number of rotatable bonds is 3. The van der Waals surface area contributed by atoms with Crippen molar-refractivity contribution < 1.29 is 4.79 Å². The van der Waals surface area contributed by atoms with Crippen LogP contribution in [0.4, 0.5) is 0 Å². The molecule has 2 aromatic rings. The summed E-state index contributed by atoms with van der Waals surface area (Å²) in [4.78, 5) is 17.8. The third kappa shape index (κ3) is 3.32. The number of pyridine rings is 1. The number of aryl methyl sites for hydroxylation is 1. The van der Waals surface area contributed by atoms with Gasteiger partial charge in [-0.25, -0.2) is 0 Å². The van der Waals surface area contributed by atoms with Gasteiger partial charge in [0.25, 0.3) is 5.91 Å². The maximum atomic E-state index is 12.2. The van der Waals surface area contributed by atoms with E-state index < -0.39 is 0 Å². The van der Waals surface area contributed by atoms with Crippen molar-refractivity contribution in [1.29, 1.82) is 0 Å². The molecule has 98 valence electrons. The number of benzene rings is 1. The highest BCUT2D eigenvalue weighted by atomic mass is 35.5. The Morgan fingerprint density at radius 3 is 2.58 bits per heavy atom. The summed E-state index contributed by atoms with van der Waals surface area (Å²) in [5.74, 6) is -0.126. The maximum Gasteiger partial charge on any atom is 0.256 e. The molecule has 0 radical (unpaired) electrons. The number of nitrogens with zero attached hydrogens (tertiary/aromatic N) is 2. The molecule has 0 atom stereocenters. The van der Waals surface area contributed by atoms with Gasteiger partial charge in [0, 0.05) is 26.0 Å². The Morgan fingerprint density at radius 2 is 1.95 bits per heavy atom. The first-order valence-electron chi connectivity index (χ1n) is 5.98. The SMILES string of the molecule is Cc1ccc(CN(C)C(=O)c2cnccc2Cl)cc1. The van der Waals surface area contributed by atoms with Crippen LogP contribution in [0.2, 0.25) is 5.02 Å². The van der Waals surface area contributed by atoms with Crippen LogP contribution in [0.25, 0.3) is 0 Å². The molecule has 0 aliphatic heterocycles. The Bertz CT molecular complexity index is 581. The van der Waals surface area contributed by atoms with Crippen molar-refractivity contribution in [3.05, 3.63) is 64.4 Å². The molecule has 1 heterocycles. The lowest BCUT2D eigenvalue weighted by Gasteiger charge is -2.17. The van der Waals surface area contributed by atoms with Gasteiger partial charge >= 0.3 is 0 Å². The van der Waals surface area contributed by atoms with Crippen molar-refractivity contribution >= 4 is 17.5 Å². The van der Waals surface area contributed by atoms with E-state index in [1.165, 1.54) is 11.8 Å². The van der Waals surface area contributed by atoms with Crippen molar-refractivity contribution in [3.8, 4) is 0 Å². The molecule has 0 saturated heterocycles. The van der Waals surface area contributed by atoms with Gasteiger partial charge in [-0.15, -0.1) is 0 Å². The minimum Gasteiger partial charge on any atom is -0.337 e. The van der Waals surface area contributed by atoms with Gasteiger partial charge < -0.3 is 4.90 Å². The Labute approximate surface area is 117 Å². The van der Waals surface area contributed by atoms with Crippen LogP contribution in [0.1, 0.15) is 21.5 Å². The summed E-state index contributed by atoms with van der Waals surface area (Å²) in [6, 6.07) is 9.72. The summed E-state index contributed by atoms with van der Waals surface area (Å²) in [7, 11) is 1.76. The summed E-state index contributed by atoms with van der Waals surface area (Å²) in [5.41, 5.74) is 2.72. The van der Waals surface area contributed by atoms with E-state index in [-0.39, 0.29) is 5.91 Å². The molecule has 1 aromatic carbocycles. The van der Waals surface area contributed by atoms with E-state index in [9.17, 15) is 4.79 Å². The molecule has 4 heteroatoms. The quantitative estimate of drug-likeness (QED) is 0.860. The zero-order chi connectivity index (χ0) is 13.8. The lowest BCUT2D eigenvalue weighted by molar-refractivity contribution is 0.0785. The van der Waals surface area contributed by atoms with Crippen LogP contribution in [-0.4, -0.2) is 22.8 Å². The normalized spacial score (nSPS) is 10.3. The molecule has 0 bridgehead atoms. The second-order valence-corrected chi connectivity index (χ2v) is 4.91. The van der Waals surface area contributed by atoms with Crippen LogP contribution in [0.15, 0.2) is 42.7 Å². The predicted octanol–water partition coefficient (Wildman–Crippen LogP) is 3.32. The van der Waals surface area contributed by atoms with Gasteiger partial charge in [0.1, 0.15) is 0 Å². The molecule has 1 amide bonds. The number of amides is 1. The Hall–Kier alpha value is -1.87. The summed E-state index contributed by atoms with van der Waals surface area (Å²) in [6.45, 7) is 2.58. The standard InChI is InChI=1S/C15H15ClN2O/c1-11-3-5-12(6-4-11)10-18(2)15(19)13-9-17-8-7-14(13)16/h3-9H,10H2,1-2H3. The van der Waals surface area contributed by atoms with Crippen molar-refractivity contribution in [3.63, 3.8) is 0 Å². The van der Waals surface area contributed by atoms with E-state index in [2.05, 4.69) is 4.98 Å². The number of halogens is 1. The van der Waals surface area contributed by atoms with E-state index in [1.54, 1.807) is 24.2 Å². The van der Waals surface area contributed by atoms with E-state index in [0.29, 0.717) is 17.1 Å². The minimum atomic E-state index is -0.126. The van der Waals surface area contributed by atoms with Crippen molar-refractivity contribution in [2.75, 3.05) is 7.05 Å². The van der Waals surface area contributed by atoms with Gasteiger partial charge in [-0.1, -0.05) is 41.4 Å². The smallest absolute Gasteiger partial charge is 0.256 e. The molecule has 0 aliphatic rings. The molecule has 3 nitrogen and oxygen atoms in total.